The van der Waals surface area contributed by atoms with Crippen molar-refractivity contribution in [3.05, 3.63) is 255 Å². The van der Waals surface area contributed by atoms with E-state index in [0.29, 0.717) is 0 Å². The second-order valence-corrected chi connectivity index (χ2v) is 17.2. The lowest BCUT2D eigenvalue weighted by Crippen LogP contribution is -2.12. The van der Waals surface area contributed by atoms with Gasteiger partial charge in [-0.3, -0.25) is 0 Å². The van der Waals surface area contributed by atoms with Gasteiger partial charge in [0.25, 0.3) is 0 Å². The average Bonchev–Trinajstić information content (AvgIpc) is 3.73. The van der Waals surface area contributed by atoms with Gasteiger partial charge in [0.1, 0.15) is 0 Å². The van der Waals surface area contributed by atoms with E-state index in [0.717, 1.165) is 28.3 Å². The summed E-state index contributed by atoms with van der Waals surface area (Å²) in [4.78, 5) is 2.50. The molecular formula is C64H42N2. The molecule has 308 valence electrons. The smallest absolute Gasteiger partial charge is 0.0782 e. The molecule has 0 bridgehead atoms. The summed E-state index contributed by atoms with van der Waals surface area (Å²) in [6.07, 6.45) is 0. The summed E-state index contributed by atoms with van der Waals surface area (Å²) in [6, 6.07) is 93.5. The predicted octanol–water partition coefficient (Wildman–Crippen LogP) is 17.9. The van der Waals surface area contributed by atoms with Crippen molar-refractivity contribution in [1.82, 2.24) is 4.57 Å². The van der Waals surface area contributed by atoms with Crippen LogP contribution in [0.15, 0.2) is 255 Å². The molecule has 2 nitrogen and oxygen atoms in total. The van der Waals surface area contributed by atoms with E-state index in [1.165, 1.54) is 92.8 Å². The van der Waals surface area contributed by atoms with Crippen LogP contribution in [0.3, 0.4) is 0 Å². The van der Waals surface area contributed by atoms with E-state index in [-0.39, 0.29) is 0 Å². The van der Waals surface area contributed by atoms with Crippen LogP contribution in [-0.2, 0) is 0 Å². The number of benzene rings is 12. The van der Waals surface area contributed by atoms with Crippen LogP contribution in [0.1, 0.15) is 0 Å². The van der Waals surface area contributed by atoms with Crippen molar-refractivity contribution >= 4 is 82.0 Å². The van der Waals surface area contributed by atoms with E-state index < -0.39 is 0 Å². The Morgan fingerprint density at radius 1 is 0.288 bits per heavy atom. The third kappa shape index (κ3) is 6.11. The van der Waals surface area contributed by atoms with Gasteiger partial charge in [-0.25, -0.2) is 0 Å². The fourth-order valence-corrected chi connectivity index (χ4v) is 10.6. The first-order valence-electron chi connectivity index (χ1n) is 22.8. The molecule has 0 aliphatic carbocycles. The van der Waals surface area contributed by atoms with Gasteiger partial charge in [-0.05, 0) is 125 Å². The molecule has 0 saturated carbocycles. The molecule has 0 aliphatic heterocycles. The second kappa shape index (κ2) is 15.5. The maximum Gasteiger partial charge on any atom is 0.0782 e. The molecule has 0 atom stereocenters. The molecule has 0 amide bonds. The highest BCUT2D eigenvalue weighted by molar-refractivity contribution is 6.22. The van der Waals surface area contributed by atoms with Crippen LogP contribution in [0.25, 0.3) is 104 Å². The highest BCUT2D eigenvalue weighted by atomic mass is 15.2. The Labute approximate surface area is 383 Å². The fourth-order valence-electron chi connectivity index (χ4n) is 10.6. The largest absolute Gasteiger partial charge is 0.308 e. The first kappa shape index (κ1) is 37.8. The number of rotatable bonds is 7. The van der Waals surface area contributed by atoms with Gasteiger partial charge < -0.3 is 9.47 Å². The highest BCUT2D eigenvalue weighted by Crippen LogP contribution is 2.49. The molecular weight excluding hydrogens is 797 g/mol. The predicted molar refractivity (Wildman–Crippen MR) is 282 cm³/mol. The van der Waals surface area contributed by atoms with Crippen LogP contribution < -0.4 is 4.90 Å². The minimum absolute atomic E-state index is 1.08. The van der Waals surface area contributed by atoms with Gasteiger partial charge in [-0.1, -0.05) is 206 Å². The molecule has 0 saturated heterocycles. The molecule has 1 heterocycles. The van der Waals surface area contributed by atoms with Gasteiger partial charge in [0.05, 0.1) is 16.7 Å². The molecule has 13 rings (SSSR count). The Kier molecular flexibility index (Phi) is 8.89. The quantitative estimate of drug-likeness (QED) is 0.145. The number of para-hydroxylation sites is 2. The van der Waals surface area contributed by atoms with Gasteiger partial charge >= 0.3 is 0 Å². The van der Waals surface area contributed by atoms with Crippen molar-refractivity contribution in [3.8, 4) is 39.1 Å². The summed E-state index contributed by atoms with van der Waals surface area (Å²) in [6.45, 7) is 0. The van der Waals surface area contributed by atoms with Gasteiger partial charge in [0, 0.05) is 27.8 Å². The zero-order chi connectivity index (χ0) is 43.6. The highest BCUT2D eigenvalue weighted by Gasteiger charge is 2.24. The summed E-state index contributed by atoms with van der Waals surface area (Å²) in [7, 11) is 0. The van der Waals surface area contributed by atoms with Crippen LogP contribution in [-0.4, -0.2) is 4.57 Å². The molecule has 0 unspecified atom stereocenters. The average molecular weight is 839 g/mol. The monoisotopic (exact) mass is 838 g/mol. The Balaban J connectivity index is 1.15. The molecule has 12 aromatic carbocycles. The standard InChI is InChI=1S/C64H42N2/c1-3-20-45(21-4-1)62-57-31-12-11-29-54(57)55-39-38-51(42-59(55)63(62)46-22-5-2-6-23-46)65(49-27-15-26-48(41-49)53-32-16-25-44-19-9-10-28-52(44)53)61-35-17-33-58-56-30-13-14-34-60(56)66(64(58)61)50-37-36-43-18-7-8-24-47(43)40-50/h1-42H. The lowest BCUT2D eigenvalue weighted by atomic mass is 9.85. The van der Waals surface area contributed by atoms with Crippen LogP contribution in [0.4, 0.5) is 17.1 Å². The summed E-state index contributed by atoms with van der Waals surface area (Å²) in [5, 5.41) is 12.2. The minimum atomic E-state index is 1.08. The van der Waals surface area contributed by atoms with Crippen LogP contribution in [0, 0.1) is 0 Å². The SMILES string of the molecule is c1ccc(-c2c(-c3ccccc3)c3cc(N(c4cccc(-c5cccc6ccccc56)c4)c4cccc5c6ccccc6n(-c6ccc7ccccc7c6)c45)ccc3c3ccccc23)cc1. The van der Waals surface area contributed by atoms with Crippen LogP contribution >= 0.6 is 0 Å². The topological polar surface area (TPSA) is 8.17 Å². The lowest BCUT2D eigenvalue weighted by molar-refractivity contribution is 1.17. The Hall–Kier alpha value is -8.72. The molecule has 66 heavy (non-hydrogen) atoms. The van der Waals surface area contributed by atoms with Crippen LogP contribution in [0.2, 0.25) is 0 Å². The minimum Gasteiger partial charge on any atom is -0.308 e. The van der Waals surface area contributed by atoms with E-state index in [9.17, 15) is 0 Å². The van der Waals surface area contributed by atoms with E-state index >= 15 is 0 Å². The van der Waals surface area contributed by atoms with E-state index in [1.807, 2.05) is 0 Å². The third-order valence-corrected chi connectivity index (χ3v) is 13.5. The fraction of sp³-hybridized carbons (Fsp3) is 0. The molecule has 0 radical (unpaired) electrons. The van der Waals surface area contributed by atoms with Crippen molar-refractivity contribution in [2.75, 3.05) is 4.90 Å². The van der Waals surface area contributed by atoms with Crippen LogP contribution in [0.5, 0.6) is 0 Å². The third-order valence-electron chi connectivity index (χ3n) is 13.5. The summed E-state index contributed by atoms with van der Waals surface area (Å²) >= 11 is 0. The maximum absolute atomic E-state index is 2.50. The molecule has 13 aromatic rings. The Bertz CT molecular complexity index is 3990. The molecule has 1 aromatic heterocycles. The zero-order valence-electron chi connectivity index (χ0n) is 36.1. The van der Waals surface area contributed by atoms with Crippen molar-refractivity contribution in [3.63, 3.8) is 0 Å². The summed E-state index contributed by atoms with van der Waals surface area (Å²) in [5.74, 6) is 0. The number of hydrogen-bond donors (Lipinski definition) is 0. The number of aromatic nitrogens is 1. The number of hydrogen-bond acceptors (Lipinski definition) is 1. The van der Waals surface area contributed by atoms with Gasteiger partial charge in [-0.2, -0.15) is 0 Å². The molecule has 2 heteroatoms. The Morgan fingerprint density at radius 3 is 1.65 bits per heavy atom. The first-order valence-corrected chi connectivity index (χ1v) is 22.8. The van der Waals surface area contributed by atoms with Crippen molar-refractivity contribution in [2.24, 2.45) is 0 Å². The van der Waals surface area contributed by atoms with Crippen molar-refractivity contribution in [2.45, 2.75) is 0 Å². The van der Waals surface area contributed by atoms with Crippen molar-refractivity contribution in [1.29, 1.82) is 0 Å². The number of fused-ring (bicyclic) bond motifs is 8. The van der Waals surface area contributed by atoms with Gasteiger partial charge in [0.15, 0.2) is 0 Å². The van der Waals surface area contributed by atoms with Gasteiger partial charge in [0.2, 0.25) is 0 Å². The van der Waals surface area contributed by atoms with Crippen molar-refractivity contribution < 1.29 is 0 Å². The van der Waals surface area contributed by atoms with E-state index in [4.69, 9.17) is 0 Å². The van der Waals surface area contributed by atoms with Gasteiger partial charge in [-0.15, -0.1) is 0 Å². The maximum atomic E-state index is 2.50. The summed E-state index contributed by atoms with van der Waals surface area (Å²) < 4.78 is 2.48. The lowest BCUT2D eigenvalue weighted by Gasteiger charge is -2.29. The molecule has 0 fully saturated rings. The van der Waals surface area contributed by atoms with E-state index in [2.05, 4.69) is 264 Å². The Morgan fingerprint density at radius 2 is 0.848 bits per heavy atom. The molecule has 0 N–H and O–H groups in total. The second-order valence-electron chi connectivity index (χ2n) is 17.2. The number of anilines is 3. The molecule has 0 spiro atoms. The van der Waals surface area contributed by atoms with E-state index in [1.54, 1.807) is 0 Å². The molecule has 0 aliphatic rings. The first-order chi connectivity index (χ1) is 32.8. The normalized spacial score (nSPS) is 11.6. The number of nitrogens with zero attached hydrogens (tertiary/aromatic N) is 2. The zero-order valence-corrected chi connectivity index (χ0v) is 36.1. The summed E-state index contributed by atoms with van der Waals surface area (Å²) in [5.41, 5.74) is 13.9.